The lowest BCUT2D eigenvalue weighted by Gasteiger charge is -2.15. The first kappa shape index (κ1) is 11.4. The van der Waals surface area contributed by atoms with E-state index in [9.17, 15) is 4.79 Å². The summed E-state index contributed by atoms with van der Waals surface area (Å²) in [5.41, 5.74) is 0. The average molecular weight is 209 g/mol. The molecule has 0 bridgehead atoms. The highest BCUT2D eigenvalue weighted by Crippen LogP contribution is 2.08. The van der Waals surface area contributed by atoms with Gasteiger partial charge < -0.3 is 10.0 Å². The van der Waals surface area contributed by atoms with Crippen molar-refractivity contribution in [2.45, 2.75) is 19.8 Å². The Morgan fingerprint density at radius 1 is 1.60 bits per heavy atom. The molecule has 0 fully saturated rings. The van der Waals surface area contributed by atoms with Gasteiger partial charge in [0, 0.05) is 19.7 Å². The van der Waals surface area contributed by atoms with Gasteiger partial charge in [-0.2, -0.15) is 0 Å². The molecule has 0 radical (unpaired) electrons. The molecule has 0 atom stereocenters. The fourth-order valence-electron chi connectivity index (χ4n) is 1.23. The van der Waals surface area contributed by atoms with Gasteiger partial charge in [-0.05, 0) is 12.5 Å². The molecule has 82 valence electrons. The van der Waals surface area contributed by atoms with Gasteiger partial charge in [0.05, 0.1) is 0 Å². The molecule has 5 nitrogen and oxygen atoms in total. The first-order chi connectivity index (χ1) is 7.13. The predicted octanol–water partition coefficient (Wildman–Crippen LogP) is 0.950. The predicted molar refractivity (Wildman–Crippen MR) is 56.9 cm³/mol. The number of carboxylic acid groups (broad SMARTS) is 1. The van der Waals surface area contributed by atoms with Crippen molar-refractivity contribution in [2.75, 3.05) is 18.5 Å². The van der Waals surface area contributed by atoms with Crippen LogP contribution in [0.3, 0.4) is 0 Å². The van der Waals surface area contributed by atoms with E-state index in [1.807, 2.05) is 0 Å². The van der Waals surface area contributed by atoms with Gasteiger partial charge in [0.2, 0.25) is 0 Å². The molecule has 0 saturated carbocycles. The van der Waals surface area contributed by atoms with Gasteiger partial charge in [-0.25, -0.2) is 9.97 Å². The fourth-order valence-corrected chi connectivity index (χ4v) is 1.23. The van der Waals surface area contributed by atoms with Crippen LogP contribution >= 0.6 is 0 Å². The Morgan fingerprint density at radius 2 is 2.33 bits per heavy atom. The van der Waals surface area contributed by atoms with Crippen LogP contribution in [-0.2, 0) is 11.2 Å². The van der Waals surface area contributed by atoms with E-state index in [0.717, 1.165) is 18.7 Å². The number of carboxylic acids is 1. The Kier molecular flexibility index (Phi) is 4.03. The van der Waals surface area contributed by atoms with Crippen LogP contribution in [0.1, 0.15) is 19.2 Å². The number of anilines is 1. The number of aliphatic carboxylic acids is 1. The van der Waals surface area contributed by atoms with Gasteiger partial charge >= 0.3 is 5.97 Å². The highest BCUT2D eigenvalue weighted by atomic mass is 16.4. The van der Waals surface area contributed by atoms with Crippen molar-refractivity contribution in [1.29, 1.82) is 0 Å². The van der Waals surface area contributed by atoms with E-state index in [1.165, 1.54) is 0 Å². The molecule has 1 aromatic rings. The largest absolute Gasteiger partial charge is 0.480 e. The van der Waals surface area contributed by atoms with Gasteiger partial charge in [0.25, 0.3) is 0 Å². The van der Waals surface area contributed by atoms with Gasteiger partial charge in [0.1, 0.15) is 18.2 Å². The molecule has 0 saturated heterocycles. The summed E-state index contributed by atoms with van der Waals surface area (Å²) in [6.07, 6.45) is 3.45. The molecular weight excluding hydrogens is 194 g/mol. The van der Waals surface area contributed by atoms with Crippen molar-refractivity contribution in [3.05, 3.63) is 18.1 Å². The molecule has 0 aliphatic heterocycles. The number of hydrogen-bond acceptors (Lipinski definition) is 4. The Bertz CT molecular complexity index is 341. The Morgan fingerprint density at radius 3 is 2.93 bits per heavy atom. The van der Waals surface area contributed by atoms with Gasteiger partial charge in [-0.15, -0.1) is 0 Å². The second-order valence-electron chi connectivity index (χ2n) is 3.33. The Balaban J connectivity index is 2.75. The van der Waals surface area contributed by atoms with E-state index >= 15 is 0 Å². The van der Waals surface area contributed by atoms with Crippen molar-refractivity contribution < 1.29 is 9.90 Å². The smallest absolute Gasteiger partial charge is 0.323 e. The molecule has 0 unspecified atom stereocenters. The topological polar surface area (TPSA) is 66.3 Å². The first-order valence-corrected chi connectivity index (χ1v) is 4.88. The maximum absolute atomic E-state index is 10.5. The molecule has 1 aromatic heterocycles. The molecule has 0 aliphatic carbocycles. The minimum atomic E-state index is -0.867. The summed E-state index contributed by atoms with van der Waals surface area (Å²) in [5.74, 6) is 0.538. The standard InChI is InChI=1S/C10H15N3O2/c1-3-4-8-11-6-5-9(12-8)13(2)7-10(14)15/h5-6H,3-4,7H2,1-2H3,(H,14,15). The van der Waals surface area contributed by atoms with E-state index in [4.69, 9.17) is 5.11 Å². The van der Waals surface area contributed by atoms with Crippen LogP contribution < -0.4 is 4.90 Å². The van der Waals surface area contributed by atoms with Crippen molar-refractivity contribution in [3.8, 4) is 0 Å². The SMILES string of the molecule is CCCc1nccc(N(C)CC(=O)O)n1. The summed E-state index contributed by atoms with van der Waals surface area (Å²) in [6, 6.07) is 1.71. The summed E-state index contributed by atoms with van der Waals surface area (Å²) in [6.45, 7) is 2.00. The zero-order valence-corrected chi connectivity index (χ0v) is 8.97. The van der Waals surface area contributed by atoms with Gasteiger partial charge in [0.15, 0.2) is 0 Å². The van der Waals surface area contributed by atoms with Crippen LogP contribution in [0, 0.1) is 0 Å². The lowest BCUT2D eigenvalue weighted by Crippen LogP contribution is -2.26. The van der Waals surface area contributed by atoms with E-state index in [0.29, 0.717) is 5.82 Å². The zero-order valence-electron chi connectivity index (χ0n) is 8.97. The summed E-state index contributed by atoms with van der Waals surface area (Å²) < 4.78 is 0. The van der Waals surface area contributed by atoms with Crippen LogP contribution in [0.25, 0.3) is 0 Å². The quantitative estimate of drug-likeness (QED) is 0.782. The zero-order chi connectivity index (χ0) is 11.3. The van der Waals surface area contributed by atoms with Crippen molar-refractivity contribution in [1.82, 2.24) is 9.97 Å². The average Bonchev–Trinajstić information content (AvgIpc) is 2.17. The maximum Gasteiger partial charge on any atom is 0.323 e. The minimum absolute atomic E-state index is 0.0530. The summed E-state index contributed by atoms with van der Waals surface area (Å²) >= 11 is 0. The third kappa shape index (κ3) is 3.53. The van der Waals surface area contributed by atoms with Crippen LogP contribution in [-0.4, -0.2) is 34.6 Å². The molecule has 1 heterocycles. The molecular formula is C10H15N3O2. The minimum Gasteiger partial charge on any atom is -0.480 e. The van der Waals surface area contributed by atoms with Crippen LogP contribution in [0.4, 0.5) is 5.82 Å². The second-order valence-corrected chi connectivity index (χ2v) is 3.33. The van der Waals surface area contributed by atoms with Gasteiger partial charge in [-0.1, -0.05) is 6.92 Å². The molecule has 0 amide bonds. The third-order valence-corrected chi connectivity index (χ3v) is 1.93. The van der Waals surface area contributed by atoms with Crippen molar-refractivity contribution in [2.24, 2.45) is 0 Å². The summed E-state index contributed by atoms with van der Waals surface area (Å²) in [4.78, 5) is 20.5. The fraction of sp³-hybridized carbons (Fsp3) is 0.500. The van der Waals surface area contributed by atoms with E-state index in [-0.39, 0.29) is 6.54 Å². The molecule has 0 aliphatic rings. The van der Waals surface area contributed by atoms with Crippen LogP contribution in [0.15, 0.2) is 12.3 Å². The number of aromatic nitrogens is 2. The number of nitrogens with zero attached hydrogens (tertiary/aromatic N) is 3. The van der Waals surface area contributed by atoms with E-state index in [1.54, 1.807) is 24.2 Å². The number of carbonyl (C=O) groups is 1. The maximum atomic E-state index is 10.5. The van der Waals surface area contributed by atoms with E-state index < -0.39 is 5.97 Å². The monoisotopic (exact) mass is 209 g/mol. The second kappa shape index (κ2) is 5.29. The number of likely N-dealkylation sites (N-methyl/N-ethyl adjacent to an activating group) is 1. The van der Waals surface area contributed by atoms with E-state index in [2.05, 4.69) is 16.9 Å². The number of aryl methyl sites for hydroxylation is 1. The highest BCUT2D eigenvalue weighted by molar-refractivity contribution is 5.72. The first-order valence-electron chi connectivity index (χ1n) is 4.88. The molecule has 1 N–H and O–H groups in total. The molecule has 0 spiro atoms. The lowest BCUT2D eigenvalue weighted by atomic mass is 10.3. The van der Waals surface area contributed by atoms with Gasteiger partial charge in [-0.3, -0.25) is 4.79 Å². The van der Waals surface area contributed by atoms with Crippen molar-refractivity contribution in [3.63, 3.8) is 0 Å². The normalized spacial score (nSPS) is 10.0. The Hall–Kier alpha value is -1.65. The third-order valence-electron chi connectivity index (χ3n) is 1.93. The van der Waals surface area contributed by atoms with Crippen LogP contribution in [0.2, 0.25) is 0 Å². The lowest BCUT2D eigenvalue weighted by molar-refractivity contribution is -0.135. The highest BCUT2D eigenvalue weighted by Gasteiger charge is 2.07. The molecule has 1 rings (SSSR count). The van der Waals surface area contributed by atoms with Crippen molar-refractivity contribution >= 4 is 11.8 Å². The Labute approximate surface area is 88.8 Å². The molecule has 0 aromatic carbocycles. The van der Waals surface area contributed by atoms with Crippen LogP contribution in [0.5, 0.6) is 0 Å². The summed E-state index contributed by atoms with van der Waals surface area (Å²) in [7, 11) is 1.70. The molecule has 5 heteroatoms. The number of hydrogen-bond donors (Lipinski definition) is 1. The molecule has 15 heavy (non-hydrogen) atoms. The summed E-state index contributed by atoms with van der Waals surface area (Å²) in [5, 5.41) is 8.63. The number of rotatable bonds is 5.